The Morgan fingerprint density at radius 3 is 2.86 bits per heavy atom. The molecule has 3 nitrogen and oxygen atoms in total. The normalized spacial score (nSPS) is 15.8. The first-order chi connectivity index (χ1) is 6.79. The Morgan fingerprint density at radius 2 is 2.29 bits per heavy atom. The number of Topliss-reactive ketones (excluding diaryl/α,β-unsaturated/α-hetero) is 1. The SMILES string of the molecule is NCc1ccc(C(=O)CCC2CC2)o1. The lowest BCUT2D eigenvalue weighted by Gasteiger charge is -1.95. The first-order valence-electron chi connectivity index (χ1n) is 5.11. The molecule has 0 amide bonds. The highest BCUT2D eigenvalue weighted by Gasteiger charge is 2.22. The predicted octanol–water partition coefficient (Wildman–Crippen LogP) is 2.11. The minimum atomic E-state index is 0.108. The molecule has 1 aromatic rings. The highest BCUT2D eigenvalue weighted by molar-refractivity contribution is 5.93. The molecule has 2 rings (SSSR count). The van der Waals surface area contributed by atoms with Crippen LogP contribution in [-0.4, -0.2) is 5.78 Å². The molecule has 0 bridgehead atoms. The van der Waals surface area contributed by atoms with Crippen LogP contribution in [0.4, 0.5) is 0 Å². The van der Waals surface area contributed by atoms with Crippen molar-refractivity contribution in [3.63, 3.8) is 0 Å². The van der Waals surface area contributed by atoms with Crippen LogP contribution in [0.25, 0.3) is 0 Å². The van der Waals surface area contributed by atoms with Gasteiger partial charge < -0.3 is 10.2 Å². The molecular weight excluding hydrogens is 178 g/mol. The summed E-state index contributed by atoms with van der Waals surface area (Å²) in [4.78, 5) is 11.6. The van der Waals surface area contributed by atoms with Gasteiger partial charge in [-0.25, -0.2) is 0 Å². The van der Waals surface area contributed by atoms with Crippen LogP contribution in [0, 0.1) is 5.92 Å². The number of ketones is 1. The van der Waals surface area contributed by atoms with E-state index in [4.69, 9.17) is 10.2 Å². The maximum atomic E-state index is 11.6. The van der Waals surface area contributed by atoms with E-state index in [0.29, 0.717) is 24.5 Å². The molecule has 14 heavy (non-hydrogen) atoms. The smallest absolute Gasteiger partial charge is 0.198 e. The second kappa shape index (κ2) is 3.96. The minimum absolute atomic E-state index is 0.108. The third kappa shape index (κ3) is 2.23. The Kier molecular flexibility index (Phi) is 2.68. The highest BCUT2D eigenvalue weighted by atomic mass is 16.3. The van der Waals surface area contributed by atoms with E-state index >= 15 is 0 Å². The van der Waals surface area contributed by atoms with Crippen LogP contribution in [0.15, 0.2) is 16.5 Å². The van der Waals surface area contributed by atoms with Gasteiger partial charge in [-0.2, -0.15) is 0 Å². The van der Waals surface area contributed by atoms with Gasteiger partial charge in [-0.15, -0.1) is 0 Å². The zero-order valence-electron chi connectivity index (χ0n) is 8.16. The van der Waals surface area contributed by atoms with Crippen LogP contribution in [0.3, 0.4) is 0 Å². The Hall–Kier alpha value is -1.09. The number of hydrogen-bond acceptors (Lipinski definition) is 3. The van der Waals surface area contributed by atoms with Crippen LogP contribution >= 0.6 is 0 Å². The van der Waals surface area contributed by atoms with Gasteiger partial charge in [-0.3, -0.25) is 4.79 Å². The molecular formula is C11H15NO2. The summed E-state index contributed by atoms with van der Waals surface area (Å²) >= 11 is 0. The summed E-state index contributed by atoms with van der Waals surface area (Å²) < 4.78 is 5.27. The lowest BCUT2D eigenvalue weighted by molar-refractivity contribution is 0.0949. The molecule has 1 aliphatic rings. The third-order valence-corrected chi connectivity index (χ3v) is 2.61. The second-order valence-electron chi connectivity index (χ2n) is 3.88. The van der Waals surface area contributed by atoms with E-state index in [1.807, 2.05) is 0 Å². The fraction of sp³-hybridized carbons (Fsp3) is 0.545. The van der Waals surface area contributed by atoms with Crippen LogP contribution in [0.1, 0.15) is 42.0 Å². The molecule has 0 aliphatic heterocycles. The van der Waals surface area contributed by atoms with Gasteiger partial charge in [0.05, 0.1) is 6.54 Å². The Bertz CT molecular complexity index is 326. The third-order valence-electron chi connectivity index (χ3n) is 2.61. The fourth-order valence-electron chi connectivity index (χ4n) is 1.50. The van der Waals surface area contributed by atoms with E-state index in [1.54, 1.807) is 12.1 Å². The van der Waals surface area contributed by atoms with E-state index in [2.05, 4.69) is 0 Å². The molecule has 0 aromatic carbocycles. The van der Waals surface area contributed by atoms with Crippen molar-refractivity contribution in [3.05, 3.63) is 23.7 Å². The molecule has 1 aromatic heterocycles. The molecule has 0 spiro atoms. The molecule has 3 heteroatoms. The number of furan rings is 1. The first-order valence-corrected chi connectivity index (χ1v) is 5.11. The Balaban J connectivity index is 1.88. The van der Waals surface area contributed by atoms with Gasteiger partial charge in [-0.1, -0.05) is 12.8 Å². The van der Waals surface area contributed by atoms with Gasteiger partial charge in [0, 0.05) is 6.42 Å². The van der Waals surface area contributed by atoms with Crippen LogP contribution < -0.4 is 5.73 Å². The zero-order valence-corrected chi connectivity index (χ0v) is 8.16. The average molecular weight is 193 g/mol. The molecule has 0 saturated heterocycles. The van der Waals surface area contributed by atoms with Crippen molar-refractivity contribution in [1.29, 1.82) is 0 Å². The van der Waals surface area contributed by atoms with Crippen molar-refractivity contribution in [2.45, 2.75) is 32.2 Å². The van der Waals surface area contributed by atoms with Gasteiger partial charge in [-0.05, 0) is 24.5 Å². The number of nitrogens with two attached hydrogens (primary N) is 1. The molecule has 0 radical (unpaired) electrons. The van der Waals surface area contributed by atoms with Gasteiger partial charge in [0.25, 0.3) is 0 Å². The van der Waals surface area contributed by atoms with E-state index in [1.165, 1.54) is 12.8 Å². The molecule has 0 unspecified atom stereocenters. The Morgan fingerprint density at radius 1 is 1.50 bits per heavy atom. The predicted molar refractivity (Wildman–Crippen MR) is 52.9 cm³/mol. The zero-order chi connectivity index (χ0) is 9.97. The maximum Gasteiger partial charge on any atom is 0.198 e. The maximum absolute atomic E-state index is 11.6. The minimum Gasteiger partial charge on any atom is -0.457 e. The average Bonchev–Trinajstić information content (AvgIpc) is 2.90. The van der Waals surface area contributed by atoms with E-state index < -0.39 is 0 Å². The Labute approximate surface area is 83.3 Å². The van der Waals surface area contributed by atoms with Crippen LogP contribution in [-0.2, 0) is 6.54 Å². The molecule has 1 fully saturated rings. The number of carbonyl (C=O) groups excluding carboxylic acids is 1. The quantitative estimate of drug-likeness (QED) is 0.728. The van der Waals surface area contributed by atoms with Gasteiger partial charge in [0.2, 0.25) is 0 Å². The monoisotopic (exact) mass is 193 g/mol. The summed E-state index contributed by atoms with van der Waals surface area (Å²) in [7, 11) is 0. The second-order valence-corrected chi connectivity index (χ2v) is 3.88. The van der Waals surface area contributed by atoms with Gasteiger partial charge in [0.15, 0.2) is 11.5 Å². The number of hydrogen-bond donors (Lipinski definition) is 1. The van der Waals surface area contributed by atoms with Crippen molar-refractivity contribution in [2.24, 2.45) is 11.7 Å². The lowest BCUT2D eigenvalue weighted by atomic mass is 10.1. The van der Waals surface area contributed by atoms with E-state index in [9.17, 15) is 4.79 Å². The van der Waals surface area contributed by atoms with Crippen molar-refractivity contribution < 1.29 is 9.21 Å². The fourth-order valence-corrected chi connectivity index (χ4v) is 1.50. The summed E-state index contributed by atoms with van der Waals surface area (Å²) in [5, 5.41) is 0. The molecule has 1 heterocycles. The lowest BCUT2D eigenvalue weighted by Crippen LogP contribution is -1.98. The molecule has 1 aliphatic carbocycles. The molecule has 0 atom stereocenters. The van der Waals surface area contributed by atoms with Crippen LogP contribution in [0.5, 0.6) is 0 Å². The topological polar surface area (TPSA) is 56.2 Å². The van der Waals surface area contributed by atoms with Gasteiger partial charge >= 0.3 is 0 Å². The summed E-state index contributed by atoms with van der Waals surface area (Å²) in [5.74, 6) is 2.05. The first kappa shape index (κ1) is 9.46. The van der Waals surface area contributed by atoms with E-state index in [-0.39, 0.29) is 5.78 Å². The molecule has 76 valence electrons. The number of rotatable bonds is 5. The molecule has 1 saturated carbocycles. The van der Waals surface area contributed by atoms with Gasteiger partial charge in [0.1, 0.15) is 5.76 Å². The van der Waals surface area contributed by atoms with Crippen molar-refractivity contribution >= 4 is 5.78 Å². The standard InChI is InChI=1S/C11H15NO2/c12-7-9-4-6-11(14-9)10(13)5-3-8-1-2-8/h4,6,8H,1-3,5,7,12H2. The van der Waals surface area contributed by atoms with E-state index in [0.717, 1.165) is 12.3 Å². The highest BCUT2D eigenvalue weighted by Crippen LogP contribution is 2.33. The van der Waals surface area contributed by atoms with Crippen molar-refractivity contribution in [2.75, 3.05) is 0 Å². The summed E-state index contributed by atoms with van der Waals surface area (Å²) in [6.45, 7) is 0.357. The summed E-state index contributed by atoms with van der Waals surface area (Å²) in [6, 6.07) is 3.49. The van der Waals surface area contributed by atoms with Crippen molar-refractivity contribution in [3.8, 4) is 0 Å². The number of carbonyl (C=O) groups is 1. The van der Waals surface area contributed by atoms with Crippen molar-refractivity contribution in [1.82, 2.24) is 0 Å². The summed E-state index contributed by atoms with van der Waals surface area (Å²) in [6.07, 6.45) is 4.21. The largest absolute Gasteiger partial charge is 0.457 e. The summed E-state index contributed by atoms with van der Waals surface area (Å²) in [5.41, 5.74) is 5.39. The molecule has 2 N–H and O–H groups in total. The van der Waals surface area contributed by atoms with Crippen LogP contribution in [0.2, 0.25) is 0 Å².